The summed E-state index contributed by atoms with van der Waals surface area (Å²) < 4.78 is 31.9. The van der Waals surface area contributed by atoms with E-state index in [2.05, 4.69) is 0 Å². The van der Waals surface area contributed by atoms with Gasteiger partial charge in [0.1, 0.15) is 0 Å². The van der Waals surface area contributed by atoms with Crippen LogP contribution in [0.2, 0.25) is 0 Å². The minimum atomic E-state index is -5.25. The monoisotopic (exact) mass is 187 g/mol. The average Bonchev–Trinajstić information content (AvgIpc) is 0.722. The van der Waals surface area contributed by atoms with Gasteiger partial charge in [-0.05, 0) is 0 Å². The van der Waals surface area contributed by atoms with Gasteiger partial charge in [-0.25, -0.2) is 0 Å². The van der Waals surface area contributed by atoms with Gasteiger partial charge in [0.05, 0.1) is 0 Å². The van der Waals surface area contributed by atoms with Gasteiger partial charge < -0.3 is 5.48 Å². The molecule has 0 bridgehead atoms. The minimum Gasteiger partial charge on any atom is 0 e. The summed E-state index contributed by atoms with van der Waals surface area (Å²) in [6.07, 6.45) is 0. The van der Waals surface area contributed by atoms with Gasteiger partial charge in [-0.1, -0.05) is 0 Å². The zero-order chi connectivity index (χ0) is 4.50. The van der Waals surface area contributed by atoms with Crippen LogP contribution in [0.5, 0.6) is 0 Å². The molecule has 0 spiro atoms. The van der Waals surface area contributed by atoms with E-state index in [1.807, 2.05) is 0 Å². The second-order valence-corrected chi connectivity index (χ2v) is 2.33. The maximum atomic E-state index is 8.82. The van der Waals surface area contributed by atoms with Crippen LogP contribution in [0.4, 0.5) is 0 Å². The van der Waals surface area contributed by atoms with Crippen LogP contribution in [-0.4, -0.2) is 56.8 Å². The van der Waals surface area contributed by atoms with E-state index < -0.39 is 13.4 Å². The fourth-order valence-electron chi connectivity index (χ4n) is 0. The van der Waals surface area contributed by atoms with Crippen LogP contribution in [0.3, 0.4) is 0 Å². The minimum absolute atomic E-state index is 0. The quantitative estimate of drug-likeness (QED) is 0.394. The molecule has 0 aromatic rings. The Morgan fingerprint density at radius 2 is 1.14 bits per heavy atom. The van der Waals surface area contributed by atoms with Crippen molar-refractivity contribution in [2.75, 3.05) is 0 Å². The van der Waals surface area contributed by atoms with Crippen LogP contribution in [-0.2, 0) is 7.67 Å². The largest absolute Gasteiger partial charge is 0 e. The molecule has 1 radical (unpaired) electrons. The Kier molecular flexibility index (Phi) is 11.5. The summed E-state index contributed by atoms with van der Waals surface area (Å²) in [5.74, 6) is 0. The van der Waals surface area contributed by atoms with Gasteiger partial charge >= 0.3 is 29.4 Å². The normalized spacial score (nSPS) is 8.29. The van der Waals surface area contributed by atoms with E-state index in [1.165, 1.54) is 0 Å². The standard InChI is InChI=1S/Na.H2O4Se.H2O/c;1-5(2,3)4;/h;(H2,1,2,3,4);1H2. The van der Waals surface area contributed by atoms with Crippen LogP contribution >= 0.6 is 0 Å². The Balaban J connectivity index is -0.0000000800. The average molecular weight is 186 g/mol. The van der Waals surface area contributed by atoms with E-state index >= 15 is 0 Å². The van der Waals surface area contributed by atoms with Gasteiger partial charge in [-0.2, -0.15) is 0 Å². The first-order valence-electron chi connectivity index (χ1n) is 0.698. The molecule has 0 atom stereocenters. The van der Waals surface area contributed by atoms with Crippen LogP contribution in [0.1, 0.15) is 0 Å². The third-order valence-electron chi connectivity index (χ3n) is 0. The van der Waals surface area contributed by atoms with Crippen molar-refractivity contribution in [2.24, 2.45) is 0 Å². The fraction of sp³-hybridized carbons (Fsp3) is 0. The van der Waals surface area contributed by atoms with Gasteiger partial charge in [0, 0.05) is 29.6 Å². The van der Waals surface area contributed by atoms with E-state index in [1.54, 1.807) is 0 Å². The maximum Gasteiger partial charge on any atom is 0 e. The molecular weight excluding hydrogens is 182 g/mol. The van der Waals surface area contributed by atoms with Crippen molar-refractivity contribution in [3.8, 4) is 0 Å². The fourth-order valence-corrected chi connectivity index (χ4v) is 0. The molecule has 7 heteroatoms. The molecule has 0 rings (SSSR count). The molecular formula is H4NaO5Se. The smallest absolute Gasteiger partial charge is 0 e. The van der Waals surface area contributed by atoms with Crippen LogP contribution in [0, 0.1) is 0 Å². The second kappa shape index (κ2) is 5.14. The van der Waals surface area contributed by atoms with Crippen LogP contribution in [0.25, 0.3) is 0 Å². The number of hydrogen-bond acceptors (Lipinski definition) is 2. The molecule has 0 saturated carbocycles. The summed E-state index contributed by atoms with van der Waals surface area (Å²) in [6, 6.07) is 0. The molecule has 0 fully saturated rings. The Morgan fingerprint density at radius 1 is 1.14 bits per heavy atom. The molecule has 0 aliphatic rings. The van der Waals surface area contributed by atoms with Crippen LogP contribution in [0.15, 0.2) is 0 Å². The van der Waals surface area contributed by atoms with Crippen molar-refractivity contribution < 1.29 is 21.5 Å². The topological polar surface area (TPSA) is 106 Å². The molecule has 41 valence electrons. The van der Waals surface area contributed by atoms with Crippen molar-refractivity contribution in [3.05, 3.63) is 0 Å². The van der Waals surface area contributed by atoms with Gasteiger partial charge in [0.2, 0.25) is 0 Å². The van der Waals surface area contributed by atoms with E-state index in [-0.39, 0.29) is 35.0 Å². The summed E-state index contributed by atoms with van der Waals surface area (Å²) >= 11 is -5.25. The zero-order valence-electron chi connectivity index (χ0n) is 3.62. The Morgan fingerprint density at radius 3 is 1.14 bits per heavy atom. The molecule has 7 heavy (non-hydrogen) atoms. The maximum absolute atomic E-state index is 8.82. The third-order valence-corrected chi connectivity index (χ3v) is 0. The predicted molar refractivity (Wildman–Crippen MR) is 20.9 cm³/mol. The van der Waals surface area contributed by atoms with E-state index in [9.17, 15) is 0 Å². The molecule has 4 N–H and O–H groups in total. The SMILES string of the molecule is O.O=[Se](=O)(O)O.[Na]. The first kappa shape index (κ1) is 15.7. The van der Waals surface area contributed by atoms with Crippen molar-refractivity contribution in [2.45, 2.75) is 0 Å². The first-order chi connectivity index (χ1) is 2.00. The molecule has 0 heterocycles. The Labute approximate surface area is 64.2 Å². The summed E-state index contributed by atoms with van der Waals surface area (Å²) in [4.78, 5) is 0. The van der Waals surface area contributed by atoms with E-state index in [0.29, 0.717) is 0 Å². The van der Waals surface area contributed by atoms with Crippen molar-refractivity contribution >= 4 is 42.9 Å². The molecule has 0 aromatic carbocycles. The van der Waals surface area contributed by atoms with Gasteiger partial charge in [0.25, 0.3) is 0 Å². The molecule has 0 amide bonds. The van der Waals surface area contributed by atoms with Crippen molar-refractivity contribution in [1.29, 1.82) is 0 Å². The molecule has 5 nitrogen and oxygen atoms in total. The molecule has 0 aliphatic carbocycles. The summed E-state index contributed by atoms with van der Waals surface area (Å²) in [6.45, 7) is 0. The Hall–Kier alpha value is 0.999. The van der Waals surface area contributed by atoms with Gasteiger partial charge in [-0.3, -0.25) is 0 Å². The summed E-state index contributed by atoms with van der Waals surface area (Å²) in [7, 11) is 0. The first-order valence-corrected chi connectivity index (χ1v) is 3.63. The molecule has 0 aromatic heterocycles. The number of hydrogen-bond donors (Lipinski definition) is 2. The Bertz CT molecular complexity index is 91.2. The van der Waals surface area contributed by atoms with Crippen molar-refractivity contribution in [1.82, 2.24) is 0 Å². The summed E-state index contributed by atoms with van der Waals surface area (Å²) in [5.41, 5.74) is 0. The zero-order valence-corrected chi connectivity index (χ0v) is 7.33. The molecule has 0 unspecified atom stereocenters. The summed E-state index contributed by atoms with van der Waals surface area (Å²) in [5, 5.41) is 0. The van der Waals surface area contributed by atoms with Crippen molar-refractivity contribution in [3.63, 3.8) is 0 Å². The van der Waals surface area contributed by atoms with Gasteiger partial charge in [0.15, 0.2) is 0 Å². The van der Waals surface area contributed by atoms with Gasteiger partial charge in [-0.15, -0.1) is 0 Å². The third kappa shape index (κ3) is 175. The predicted octanol–water partition coefficient (Wildman–Crippen LogP) is -2.94. The number of rotatable bonds is 0. The van der Waals surface area contributed by atoms with E-state index in [0.717, 1.165) is 0 Å². The second-order valence-electron chi connectivity index (χ2n) is 0.448. The van der Waals surface area contributed by atoms with E-state index in [4.69, 9.17) is 16.0 Å². The molecule has 0 saturated heterocycles. The molecule has 0 aliphatic heterocycles. The van der Waals surface area contributed by atoms with Crippen LogP contribution < -0.4 is 0 Å².